The summed E-state index contributed by atoms with van der Waals surface area (Å²) in [5.41, 5.74) is 4.76. The SMILES string of the molecule is CC(C)c1ccc(C(=O)CN2C(=O)COc3ccc(-c4csc(-c5ccccn5)n4)cc32)cc1. The first-order valence-corrected chi connectivity index (χ1v) is 12.0. The number of hydrogen-bond acceptors (Lipinski definition) is 6. The van der Waals surface area contributed by atoms with Gasteiger partial charge in [-0.1, -0.05) is 44.2 Å². The number of hydrogen-bond donors (Lipinski definition) is 0. The van der Waals surface area contributed by atoms with Crippen LogP contribution in [0.5, 0.6) is 5.75 Å². The maximum absolute atomic E-state index is 13.0. The number of ketones is 1. The summed E-state index contributed by atoms with van der Waals surface area (Å²) in [6.45, 7) is 4.08. The Bertz CT molecular complexity index is 1350. The van der Waals surface area contributed by atoms with Gasteiger partial charge in [-0.15, -0.1) is 11.3 Å². The maximum atomic E-state index is 13.0. The molecule has 0 radical (unpaired) electrons. The zero-order valence-electron chi connectivity index (χ0n) is 18.9. The fourth-order valence-electron chi connectivity index (χ4n) is 3.84. The van der Waals surface area contributed by atoms with E-state index in [1.807, 2.05) is 66.0 Å². The quantitative estimate of drug-likeness (QED) is 0.344. The van der Waals surface area contributed by atoms with Gasteiger partial charge in [0.25, 0.3) is 5.91 Å². The normalized spacial score (nSPS) is 13.0. The molecule has 170 valence electrons. The number of rotatable bonds is 6. The van der Waals surface area contributed by atoms with Gasteiger partial charge in [-0.2, -0.15) is 0 Å². The molecule has 4 aromatic rings. The van der Waals surface area contributed by atoms with Crippen molar-refractivity contribution < 1.29 is 14.3 Å². The summed E-state index contributed by atoms with van der Waals surface area (Å²) in [5, 5.41) is 2.78. The summed E-state index contributed by atoms with van der Waals surface area (Å²) in [7, 11) is 0. The number of carbonyl (C=O) groups excluding carboxylic acids is 2. The van der Waals surface area contributed by atoms with E-state index < -0.39 is 0 Å². The second kappa shape index (κ2) is 9.19. The van der Waals surface area contributed by atoms with Crippen LogP contribution >= 0.6 is 11.3 Å². The highest BCUT2D eigenvalue weighted by Gasteiger charge is 2.28. The van der Waals surface area contributed by atoms with Crippen LogP contribution in [0, 0.1) is 0 Å². The molecule has 3 heterocycles. The summed E-state index contributed by atoms with van der Waals surface area (Å²) in [6, 6.07) is 18.9. The minimum atomic E-state index is -0.246. The van der Waals surface area contributed by atoms with Crippen molar-refractivity contribution >= 4 is 28.7 Å². The van der Waals surface area contributed by atoms with Crippen LogP contribution in [0.1, 0.15) is 35.7 Å². The van der Waals surface area contributed by atoms with Crippen LogP contribution < -0.4 is 9.64 Å². The van der Waals surface area contributed by atoms with Crippen molar-refractivity contribution in [1.29, 1.82) is 0 Å². The molecule has 1 aliphatic heterocycles. The van der Waals surface area contributed by atoms with E-state index in [9.17, 15) is 9.59 Å². The largest absolute Gasteiger partial charge is 0.482 e. The highest BCUT2D eigenvalue weighted by Crippen LogP contribution is 2.37. The number of amides is 1. The lowest BCUT2D eigenvalue weighted by Crippen LogP contribution is -2.42. The Balaban J connectivity index is 1.42. The van der Waals surface area contributed by atoms with Gasteiger partial charge in [-0.3, -0.25) is 19.5 Å². The van der Waals surface area contributed by atoms with E-state index >= 15 is 0 Å². The number of pyridine rings is 1. The van der Waals surface area contributed by atoms with Crippen LogP contribution in [0.25, 0.3) is 22.0 Å². The molecule has 6 nitrogen and oxygen atoms in total. The van der Waals surface area contributed by atoms with Crippen molar-refractivity contribution in [3.63, 3.8) is 0 Å². The first-order valence-electron chi connectivity index (χ1n) is 11.1. The van der Waals surface area contributed by atoms with Gasteiger partial charge < -0.3 is 4.74 Å². The van der Waals surface area contributed by atoms with Crippen molar-refractivity contribution in [2.75, 3.05) is 18.1 Å². The fraction of sp³-hybridized carbons (Fsp3) is 0.185. The average molecular weight is 470 g/mol. The van der Waals surface area contributed by atoms with E-state index in [1.165, 1.54) is 21.8 Å². The van der Waals surface area contributed by atoms with Crippen molar-refractivity contribution in [2.24, 2.45) is 0 Å². The number of aromatic nitrogens is 2. The Morgan fingerprint density at radius 2 is 1.91 bits per heavy atom. The topological polar surface area (TPSA) is 72.4 Å². The Morgan fingerprint density at radius 1 is 1.09 bits per heavy atom. The molecular weight excluding hydrogens is 446 g/mol. The molecule has 1 amide bonds. The molecule has 0 atom stereocenters. The standard InChI is InChI=1S/C27H23N3O3S/c1-17(2)18-6-8-19(9-7-18)24(31)14-30-23-13-20(10-11-25(23)33-15-26(30)32)22-16-34-27(29-22)21-5-3-4-12-28-21/h3-13,16-17H,14-15H2,1-2H3. The zero-order chi connectivity index (χ0) is 23.7. The second-order valence-corrected chi connectivity index (χ2v) is 9.26. The molecule has 2 aromatic heterocycles. The van der Waals surface area contributed by atoms with Crippen molar-refractivity contribution in [1.82, 2.24) is 9.97 Å². The lowest BCUT2D eigenvalue weighted by Gasteiger charge is -2.29. The van der Waals surface area contributed by atoms with Gasteiger partial charge in [0.1, 0.15) is 10.8 Å². The Labute approximate surface area is 201 Å². The lowest BCUT2D eigenvalue weighted by atomic mass is 10.00. The summed E-state index contributed by atoms with van der Waals surface area (Å²) in [5.74, 6) is 0.600. The Morgan fingerprint density at radius 3 is 2.65 bits per heavy atom. The number of fused-ring (bicyclic) bond motifs is 1. The van der Waals surface area contributed by atoms with E-state index in [2.05, 4.69) is 18.8 Å². The van der Waals surface area contributed by atoms with Crippen LogP contribution in [0.2, 0.25) is 0 Å². The van der Waals surface area contributed by atoms with E-state index in [0.717, 1.165) is 22.0 Å². The minimum Gasteiger partial charge on any atom is -0.482 e. The molecule has 0 aliphatic carbocycles. The van der Waals surface area contributed by atoms with E-state index in [0.29, 0.717) is 22.9 Å². The maximum Gasteiger partial charge on any atom is 0.265 e. The molecule has 5 rings (SSSR count). The van der Waals surface area contributed by atoms with Gasteiger partial charge in [0, 0.05) is 22.7 Å². The number of ether oxygens (including phenoxy) is 1. The molecule has 0 fully saturated rings. The first kappa shape index (κ1) is 22.0. The molecule has 0 saturated carbocycles. The summed E-state index contributed by atoms with van der Waals surface area (Å²) in [6.07, 6.45) is 1.74. The van der Waals surface area contributed by atoms with Gasteiger partial charge in [-0.25, -0.2) is 4.98 Å². The van der Waals surface area contributed by atoms with Gasteiger partial charge in [0.15, 0.2) is 12.4 Å². The Kier molecular flexibility index (Phi) is 5.94. The fourth-order valence-corrected chi connectivity index (χ4v) is 4.64. The predicted octanol–water partition coefficient (Wildman–Crippen LogP) is 5.60. The molecular formula is C27H23N3O3S. The highest BCUT2D eigenvalue weighted by molar-refractivity contribution is 7.13. The molecule has 0 spiro atoms. The zero-order valence-corrected chi connectivity index (χ0v) is 19.7. The van der Waals surface area contributed by atoms with Gasteiger partial charge in [0.05, 0.1) is 23.6 Å². The highest BCUT2D eigenvalue weighted by atomic mass is 32.1. The number of carbonyl (C=O) groups is 2. The molecule has 0 bridgehead atoms. The van der Waals surface area contributed by atoms with Crippen molar-refractivity contribution in [3.8, 4) is 27.7 Å². The molecule has 0 saturated heterocycles. The predicted molar refractivity (Wildman–Crippen MR) is 133 cm³/mol. The molecule has 0 unspecified atom stereocenters. The third-order valence-corrected chi connectivity index (χ3v) is 6.65. The number of nitrogens with zero attached hydrogens (tertiary/aromatic N) is 3. The summed E-state index contributed by atoms with van der Waals surface area (Å²) in [4.78, 5) is 36.3. The van der Waals surface area contributed by atoms with E-state index in [-0.39, 0.29) is 24.8 Å². The summed E-state index contributed by atoms with van der Waals surface area (Å²) >= 11 is 1.51. The number of benzene rings is 2. The van der Waals surface area contributed by atoms with Gasteiger partial charge >= 0.3 is 0 Å². The molecule has 1 aliphatic rings. The van der Waals surface area contributed by atoms with Crippen LogP contribution in [0.4, 0.5) is 5.69 Å². The second-order valence-electron chi connectivity index (χ2n) is 8.40. The minimum absolute atomic E-state index is 0.0457. The monoisotopic (exact) mass is 469 g/mol. The number of Topliss-reactive ketones (excluding diaryl/α,β-unsaturated/α-hetero) is 1. The van der Waals surface area contributed by atoms with Crippen LogP contribution in [-0.2, 0) is 4.79 Å². The van der Waals surface area contributed by atoms with E-state index in [1.54, 1.807) is 6.20 Å². The van der Waals surface area contributed by atoms with Crippen molar-refractivity contribution in [3.05, 3.63) is 83.4 Å². The van der Waals surface area contributed by atoms with Crippen LogP contribution in [0.3, 0.4) is 0 Å². The third kappa shape index (κ3) is 4.34. The van der Waals surface area contributed by atoms with Gasteiger partial charge in [0.2, 0.25) is 0 Å². The average Bonchev–Trinajstić information content (AvgIpc) is 3.36. The molecule has 2 aromatic carbocycles. The lowest BCUT2D eigenvalue weighted by molar-refractivity contribution is -0.121. The van der Waals surface area contributed by atoms with E-state index in [4.69, 9.17) is 9.72 Å². The first-order chi connectivity index (χ1) is 16.5. The number of anilines is 1. The van der Waals surface area contributed by atoms with Crippen molar-refractivity contribution in [2.45, 2.75) is 19.8 Å². The van der Waals surface area contributed by atoms with Crippen LogP contribution in [0.15, 0.2) is 72.2 Å². The van der Waals surface area contributed by atoms with Gasteiger partial charge in [-0.05, 0) is 41.8 Å². The molecule has 7 heteroatoms. The van der Waals surface area contributed by atoms with Crippen LogP contribution in [-0.4, -0.2) is 34.8 Å². The number of thiazole rings is 1. The Hall–Kier alpha value is -3.84. The third-order valence-electron chi connectivity index (χ3n) is 5.79. The smallest absolute Gasteiger partial charge is 0.265 e. The molecule has 0 N–H and O–H groups in total. The summed E-state index contributed by atoms with van der Waals surface area (Å²) < 4.78 is 5.63. The molecule has 34 heavy (non-hydrogen) atoms.